The molecule has 0 bridgehead atoms. The molecule has 1 aromatic rings. The van der Waals surface area contributed by atoms with Crippen molar-refractivity contribution in [1.82, 2.24) is 15.0 Å². The zero-order valence-corrected chi connectivity index (χ0v) is 10.7. The van der Waals surface area contributed by atoms with Gasteiger partial charge >= 0.3 is 0 Å². The van der Waals surface area contributed by atoms with Crippen LogP contribution in [0.2, 0.25) is 0 Å². The van der Waals surface area contributed by atoms with Crippen LogP contribution in [0.15, 0.2) is 12.4 Å². The van der Waals surface area contributed by atoms with E-state index in [2.05, 4.69) is 21.9 Å². The van der Waals surface area contributed by atoms with Crippen LogP contribution in [0.3, 0.4) is 0 Å². The van der Waals surface area contributed by atoms with Gasteiger partial charge in [-0.2, -0.15) is 0 Å². The van der Waals surface area contributed by atoms with Crippen molar-refractivity contribution in [1.29, 1.82) is 0 Å². The number of nitrogens with zero attached hydrogens (tertiary/aromatic N) is 2. The lowest BCUT2D eigenvalue weighted by atomic mass is 9.98. The first-order valence-corrected chi connectivity index (χ1v) is 6.82. The number of hydrogen-bond donors (Lipinski definition) is 2. The molecule has 17 heavy (non-hydrogen) atoms. The Balaban J connectivity index is 1.91. The summed E-state index contributed by atoms with van der Waals surface area (Å²) in [5.74, 6) is 7.66. The van der Waals surface area contributed by atoms with Crippen molar-refractivity contribution in [3.63, 3.8) is 0 Å². The summed E-state index contributed by atoms with van der Waals surface area (Å²) in [5.41, 5.74) is 2.92. The van der Waals surface area contributed by atoms with Crippen LogP contribution in [0.1, 0.15) is 57.3 Å². The van der Waals surface area contributed by atoms with Gasteiger partial charge in [-0.1, -0.05) is 25.7 Å². The minimum Gasteiger partial charge on any atom is -0.334 e. The van der Waals surface area contributed by atoms with Crippen molar-refractivity contribution in [2.75, 3.05) is 0 Å². The van der Waals surface area contributed by atoms with Crippen LogP contribution in [-0.2, 0) is 6.54 Å². The lowest BCUT2D eigenvalue weighted by Crippen LogP contribution is -2.30. The molecular formula is C13H24N4. The quantitative estimate of drug-likeness (QED) is 0.589. The van der Waals surface area contributed by atoms with Crippen molar-refractivity contribution in [3.8, 4) is 0 Å². The normalized spacial score (nSPS) is 18.7. The Bertz CT molecular complexity index is 328. The van der Waals surface area contributed by atoms with E-state index in [0.29, 0.717) is 0 Å². The zero-order valence-electron chi connectivity index (χ0n) is 10.7. The molecule has 0 aliphatic heterocycles. The molecule has 1 saturated carbocycles. The van der Waals surface area contributed by atoms with Crippen molar-refractivity contribution in [2.24, 2.45) is 11.8 Å². The first kappa shape index (κ1) is 12.6. The summed E-state index contributed by atoms with van der Waals surface area (Å²) in [6, 6.07) is 0.200. The Hall–Kier alpha value is -0.870. The molecular weight excluding hydrogens is 212 g/mol. The molecule has 4 nitrogen and oxygen atoms in total. The predicted octanol–water partition coefficient (Wildman–Crippen LogP) is 2.38. The SMILES string of the molecule is CCn1ccnc1C(CCC1CCCC1)NN. The van der Waals surface area contributed by atoms with Gasteiger partial charge in [0.25, 0.3) is 0 Å². The van der Waals surface area contributed by atoms with Crippen LogP contribution in [0.5, 0.6) is 0 Å². The summed E-state index contributed by atoms with van der Waals surface area (Å²) in [6.45, 7) is 3.09. The minimum atomic E-state index is 0.200. The van der Waals surface area contributed by atoms with Gasteiger partial charge in [0, 0.05) is 18.9 Å². The maximum atomic E-state index is 5.67. The molecule has 96 valence electrons. The van der Waals surface area contributed by atoms with Crippen molar-refractivity contribution < 1.29 is 0 Å². The highest BCUT2D eigenvalue weighted by atomic mass is 15.3. The molecule has 0 amide bonds. The van der Waals surface area contributed by atoms with Crippen molar-refractivity contribution >= 4 is 0 Å². The predicted molar refractivity (Wildman–Crippen MR) is 69.2 cm³/mol. The van der Waals surface area contributed by atoms with E-state index in [1.54, 1.807) is 0 Å². The number of hydrogen-bond acceptors (Lipinski definition) is 3. The highest BCUT2D eigenvalue weighted by Gasteiger charge is 2.19. The summed E-state index contributed by atoms with van der Waals surface area (Å²) < 4.78 is 2.17. The topological polar surface area (TPSA) is 55.9 Å². The molecule has 1 aromatic heterocycles. The van der Waals surface area contributed by atoms with E-state index in [1.165, 1.54) is 32.1 Å². The summed E-state index contributed by atoms with van der Waals surface area (Å²) >= 11 is 0. The second-order valence-corrected chi connectivity index (χ2v) is 5.02. The van der Waals surface area contributed by atoms with E-state index in [9.17, 15) is 0 Å². The van der Waals surface area contributed by atoms with Gasteiger partial charge in [-0.05, 0) is 25.7 Å². The molecule has 1 unspecified atom stereocenters. The van der Waals surface area contributed by atoms with E-state index in [-0.39, 0.29) is 6.04 Å². The molecule has 1 fully saturated rings. The lowest BCUT2D eigenvalue weighted by molar-refractivity contribution is 0.397. The van der Waals surface area contributed by atoms with E-state index in [4.69, 9.17) is 5.84 Å². The molecule has 0 saturated heterocycles. The second kappa shape index (κ2) is 6.17. The Morgan fingerprint density at radius 1 is 1.53 bits per heavy atom. The van der Waals surface area contributed by atoms with E-state index in [0.717, 1.165) is 24.7 Å². The van der Waals surface area contributed by atoms with Crippen LogP contribution in [0.4, 0.5) is 0 Å². The molecule has 0 aromatic carbocycles. The summed E-state index contributed by atoms with van der Waals surface area (Å²) in [4.78, 5) is 4.42. The number of nitrogens with one attached hydrogen (secondary N) is 1. The highest BCUT2D eigenvalue weighted by Crippen LogP contribution is 2.30. The molecule has 0 spiro atoms. The first-order chi connectivity index (χ1) is 8.35. The number of hydrazine groups is 1. The molecule has 1 aliphatic rings. The zero-order chi connectivity index (χ0) is 12.1. The fraction of sp³-hybridized carbons (Fsp3) is 0.769. The fourth-order valence-corrected chi connectivity index (χ4v) is 2.89. The average Bonchev–Trinajstić information content (AvgIpc) is 3.00. The van der Waals surface area contributed by atoms with Crippen molar-refractivity contribution in [3.05, 3.63) is 18.2 Å². The second-order valence-electron chi connectivity index (χ2n) is 5.02. The highest BCUT2D eigenvalue weighted by molar-refractivity contribution is 4.99. The maximum absolute atomic E-state index is 5.67. The van der Waals surface area contributed by atoms with Gasteiger partial charge in [-0.3, -0.25) is 5.84 Å². The molecule has 2 rings (SSSR count). The van der Waals surface area contributed by atoms with E-state index >= 15 is 0 Å². The third-order valence-corrected chi connectivity index (χ3v) is 3.94. The molecule has 1 heterocycles. The van der Waals surface area contributed by atoms with Crippen LogP contribution >= 0.6 is 0 Å². The summed E-state index contributed by atoms with van der Waals surface area (Å²) in [5, 5.41) is 0. The van der Waals surface area contributed by atoms with Gasteiger partial charge in [0.2, 0.25) is 0 Å². The third-order valence-electron chi connectivity index (χ3n) is 3.94. The van der Waals surface area contributed by atoms with Crippen LogP contribution in [0, 0.1) is 5.92 Å². The maximum Gasteiger partial charge on any atom is 0.127 e. The van der Waals surface area contributed by atoms with Crippen LogP contribution in [-0.4, -0.2) is 9.55 Å². The minimum absolute atomic E-state index is 0.200. The molecule has 0 radical (unpaired) electrons. The van der Waals surface area contributed by atoms with E-state index in [1.807, 2.05) is 12.4 Å². The van der Waals surface area contributed by atoms with Crippen LogP contribution in [0.25, 0.3) is 0 Å². The lowest BCUT2D eigenvalue weighted by Gasteiger charge is -2.18. The van der Waals surface area contributed by atoms with Gasteiger partial charge < -0.3 is 4.57 Å². The number of nitrogens with two attached hydrogens (primary N) is 1. The van der Waals surface area contributed by atoms with Crippen LogP contribution < -0.4 is 11.3 Å². The number of aryl methyl sites for hydroxylation is 1. The molecule has 1 aliphatic carbocycles. The van der Waals surface area contributed by atoms with Gasteiger partial charge in [-0.15, -0.1) is 0 Å². The van der Waals surface area contributed by atoms with Crippen molar-refractivity contribution in [2.45, 2.75) is 58.0 Å². The summed E-state index contributed by atoms with van der Waals surface area (Å²) in [6.07, 6.45) is 11.9. The average molecular weight is 236 g/mol. The first-order valence-electron chi connectivity index (χ1n) is 6.82. The largest absolute Gasteiger partial charge is 0.334 e. The Kier molecular flexibility index (Phi) is 4.57. The molecule has 3 N–H and O–H groups in total. The summed E-state index contributed by atoms with van der Waals surface area (Å²) in [7, 11) is 0. The third kappa shape index (κ3) is 3.07. The Labute approximate surface area is 104 Å². The Morgan fingerprint density at radius 3 is 2.94 bits per heavy atom. The monoisotopic (exact) mass is 236 g/mol. The van der Waals surface area contributed by atoms with E-state index < -0.39 is 0 Å². The number of imidazole rings is 1. The number of aromatic nitrogens is 2. The smallest absolute Gasteiger partial charge is 0.127 e. The molecule has 4 heteroatoms. The van der Waals surface area contributed by atoms with Gasteiger partial charge in [0.05, 0.1) is 6.04 Å². The van der Waals surface area contributed by atoms with Gasteiger partial charge in [0.15, 0.2) is 0 Å². The standard InChI is InChI=1S/C13H24N4/c1-2-17-10-9-15-13(17)12(16-14)8-7-11-5-3-4-6-11/h9-12,16H,2-8,14H2,1H3. The van der Waals surface area contributed by atoms with Gasteiger partial charge in [-0.25, -0.2) is 10.4 Å². The molecule has 1 atom stereocenters. The number of rotatable bonds is 6. The van der Waals surface area contributed by atoms with Gasteiger partial charge in [0.1, 0.15) is 5.82 Å². The fourth-order valence-electron chi connectivity index (χ4n) is 2.89. The Morgan fingerprint density at radius 2 is 2.29 bits per heavy atom.